The van der Waals surface area contributed by atoms with Gasteiger partial charge in [0.2, 0.25) is 0 Å². The number of rotatable bonds is 5. The number of aryl methyl sites for hydroxylation is 1. The van der Waals surface area contributed by atoms with Crippen LogP contribution in [-0.4, -0.2) is 18.1 Å². The van der Waals surface area contributed by atoms with Gasteiger partial charge >= 0.3 is 0 Å². The Balaban J connectivity index is 2.58. The lowest BCUT2D eigenvalue weighted by Crippen LogP contribution is -2.29. The Morgan fingerprint density at radius 2 is 1.57 bits per heavy atom. The topological polar surface area (TPSA) is 15.3 Å². The van der Waals surface area contributed by atoms with Gasteiger partial charge in [-0.05, 0) is 24.1 Å². The first-order valence-corrected chi connectivity index (χ1v) is 5.40. The van der Waals surface area contributed by atoms with E-state index < -0.39 is 0 Å². The number of hydrazine groups is 1. The molecule has 0 spiro atoms. The predicted molar refractivity (Wildman–Crippen MR) is 62.4 cm³/mol. The summed E-state index contributed by atoms with van der Waals surface area (Å²) in [6.07, 6.45) is 1.10. The SMILES string of the molecule is CCc1ccc(NN(CC)CC)cc1. The van der Waals surface area contributed by atoms with Gasteiger partial charge in [0.25, 0.3) is 0 Å². The van der Waals surface area contributed by atoms with Gasteiger partial charge < -0.3 is 5.43 Å². The molecule has 0 amide bonds. The molecule has 0 saturated carbocycles. The zero-order valence-electron chi connectivity index (χ0n) is 9.38. The minimum Gasteiger partial charge on any atom is -0.319 e. The predicted octanol–water partition coefficient (Wildman–Crippen LogP) is 2.92. The molecule has 0 heterocycles. The maximum absolute atomic E-state index is 3.36. The van der Waals surface area contributed by atoms with E-state index in [2.05, 4.69) is 55.5 Å². The summed E-state index contributed by atoms with van der Waals surface area (Å²) in [6.45, 7) is 8.51. The maximum Gasteiger partial charge on any atom is 0.0490 e. The maximum atomic E-state index is 3.36. The summed E-state index contributed by atoms with van der Waals surface area (Å²) in [5.74, 6) is 0. The average Bonchev–Trinajstić information content (AvgIpc) is 2.26. The van der Waals surface area contributed by atoms with Gasteiger partial charge in [0, 0.05) is 18.8 Å². The molecule has 1 aromatic rings. The van der Waals surface area contributed by atoms with Gasteiger partial charge in [-0.2, -0.15) is 0 Å². The Labute approximate surface area is 86.9 Å². The Kier molecular flexibility index (Phi) is 4.47. The smallest absolute Gasteiger partial charge is 0.0490 e. The number of nitrogens with one attached hydrogen (secondary N) is 1. The third-order valence-corrected chi connectivity index (χ3v) is 2.41. The molecule has 1 aromatic carbocycles. The highest BCUT2D eigenvalue weighted by atomic mass is 15.5. The summed E-state index contributed by atoms with van der Waals surface area (Å²) in [6, 6.07) is 8.62. The zero-order valence-corrected chi connectivity index (χ0v) is 9.38. The van der Waals surface area contributed by atoms with E-state index >= 15 is 0 Å². The minimum absolute atomic E-state index is 1.02. The van der Waals surface area contributed by atoms with E-state index in [1.165, 1.54) is 11.3 Å². The van der Waals surface area contributed by atoms with Gasteiger partial charge in [0.15, 0.2) is 0 Å². The highest BCUT2D eigenvalue weighted by Gasteiger charge is 1.98. The molecule has 14 heavy (non-hydrogen) atoms. The van der Waals surface area contributed by atoms with Crippen molar-refractivity contribution in [1.82, 2.24) is 5.01 Å². The molecule has 0 saturated heterocycles. The Morgan fingerprint density at radius 3 is 2.00 bits per heavy atom. The van der Waals surface area contributed by atoms with Crippen LogP contribution in [0.25, 0.3) is 0 Å². The second-order valence-corrected chi connectivity index (χ2v) is 3.33. The highest BCUT2D eigenvalue weighted by Crippen LogP contribution is 2.10. The van der Waals surface area contributed by atoms with Crippen LogP contribution in [0.3, 0.4) is 0 Å². The number of benzene rings is 1. The molecule has 0 unspecified atom stereocenters. The Hall–Kier alpha value is -1.02. The number of anilines is 1. The molecule has 0 bridgehead atoms. The molecule has 0 aromatic heterocycles. The van der Waals surface area contributed by atoms with E-state index in [9.17, 15) is 0 Å². The zero-order chi connectivity index (χ0) is 10.4. The second-order valence-electron chi connectivity index (χ2n) is 3.33. The molecule has 1 N–H and O–H groups in total. The van der Waals surface area contributed by atoms with Gasteiger partial charge in [-0.25, -0.2) is 5.01 Å². The van der Waals surface area contributed by atoms with Crippen molar-refractivity contribution in [3.63, 3.8) is 0 Å². The first kappa shape index (κ1) is 11.1. The van der Waals surface area contributed by atoms with Gasteiger partial charge in [0.1, 0.15) is 0 Å². The van der Waals surface area contributed by atoms with Crippen LogP contribution in [0.4, 0.5) is 5.69 Å². The van der Waals surface area contributed by atoms with E-state index in [1.807, 2.05) is 0 Å². The molecule has 0 fully saturated rings. The van der Waals surface area contributed by atoms with Crippen molar-refractivity contribution in [2.24, 2.45) is 0 Å². The molecule has 78 valence electrons. The average molecular weight is 192 g/mol. The summed E-state index contributed by atoms with van der Waals surface area (Å²) in [4.78, 5) is 0. The molecule has 1 rings (SSSR count). The van der Waals surface area contributed by atoms with Crippen LogP contribution >= 0.6 is 0 Å². The van der Waals surface area contributed by atoms with Gasteiger partial charge in [-0.15, -0.1) is 0 Å². The van der Waals surface area contributed by atoms with Crippen LogP contribution in [-0.2, 0) is 6.42 Å². The second kappa shape index (κ2) is 5.66. The van der Waals surface area contributed by atoms with Crippen molar-refractivity contribution in [2.75, 3.05) is 18.5 Å². The fraction of sp³-hybridized carbons (Fsp3) is 0.500. The lowest BCUT2D eigenvalue weighted by atomic mass is 10.2. The van der Waals surface area contributed by atoms with E-state index in [0.717, 1.165) is 19.5 Å². The third kappa shape index (κ3) is 3.04. The largest absolute Gasteiger partial charge is 0.319 e. The van der Waals surface area contributed by atoms with E-state index in [0.29, 0.717) is 0 Å². The highest BCUT2D eigenvalue weighted by molar-refractivity contribution is 5.43. The van der Waals surface area contributed by atoms with E-state index in [4.69, 9.17) is 0 Å². The van der Waals surface area contributed by atoms with Crippen LogP contribution in [0.2, 0.25) is 0 Å². The molecule has 2 heteroatoms. The number of hydrogen-bond acceptors (Lipinski definition) is 2. The Bertz CT molecular complexity index is 250. The van der Waals surface area contributed by atoms with E-state index in [-0.39, 0.29) is 0 Å². The van der Waals surface area contributed by atoms with Crippen molar-refractivity contribution < 1.29 is 0 Å². The Morgan fingerprint density at radius 1 is 1.00 bits per heavy atom. The van der Waals surface area contributed by atoms with Crippen molar-refractivity contribution in [2.45, 2.75) is 27.2 Å². The summed E-state index contributed by atoms with van der Waals surface area (Å²) < 4.78 is 0. The van der Waals surface area contributed by atoms with Gasteiger partial charge in [-0.1, -0.05) is 32.9 Å². The first-order chi connectivity index (χ1) is 6.80. The van der Waals surface area contributed by atoms with Crippen molar-refractivity contribution in [3.05, 3.63) is 29.8 Å². The summed E-state index contributed by atoms with van der Waals surface area (Å²) >= 11 is 0. The van der Waals surface area contributed by atoms with Crippen LogP contribution in [0, 0.1) is 0 Å². The first-order valence-electron chi connectivity index (χ1n) is 5.40. The standard InChI is InChI=1S/C12H20N2/c1-4-11-7-9-12(10-8-11)13-14(5-2)6-3/h7-10,13H,4-6H2,1-3H3. The van der Waals surface area contributed by atoms with Crippen LogP contribution in [0.15, 0.2) is 24.3 Å². The molecule has 0 aliphatic carbocycles. The minimum atomic E-state index is 1.02. The number of nitrogens with zero attached hydrogens (tertiary/aromatic N) is 1. The lowest BCUT2D eigenvalue weighted by Gasteiger charge is -2.20. The molecule has 0 aliphatic heterocycles. The monoisotopic (exact) mass is 192 g/mol. The fourth-order valence-corrected chi connectivity index (χ4v) is 1.38. The lowest BCUT2D eigenvalue weighted by molar-refractivity contribution is 0.367. The summed E-state index contributed by atoms with van der Waals surface area (Å²) in [7, 11) is 0. The molecule has 0 aliphatic rings. The molecular weight excluding hydrogens is 172 g/mol. The molecular formula is C12H20N2. The molecule has 0 atom stereocenters. The van der Waals surface area contributed by atoms with Crippen LogP contribution < -0.4 is 5.43 Å². The number of hydrogen-bond donors (Lipinski definition) is 1. The van der Waals surface area contributed by atoms with Gasteiger partial charge in [-0.3, -0.25) is 0 Å². The van der Waals surface area contributed by atoms with Crippen molar-refractivity contribution in [3.8, 4) is 0 Å². The normalized spacial score (nSPS) is 10.6. The summed E-state index contributed by atoms with van der Waals surface area (Å²) in [5.41, 5.74) is 5.92. The van der Waals surface area contributed by atoms with Crippen molar-refractivity contribution >= 4 is 5.69 Å². The van der Waals surface area contributed by atoms with Crippen LogP contribution in [0.1, 0.15) is 26.3 Å². The van der Waals surface area contributed by atoms with Gasteiger partial charge in [0.05, 0.1) is 0 Å². The molecule has 0 radical (unpaired) electrons. The molecule has 2 nitrogen and oxygen atoms in total. The fourth-order valence-electron chi connectivity index (χ4n) is 1.38. The van der Waals surface area contributed by atoms with Crippen molar-refractivity contribution in [1.29, 1.82) is 0 Å². The summed E-state index contributed by atoms with van der Waals surface area (Å²) in [5, 5.41) is 2.18. The van der Waals surface area contributed by atoms with E-state index in [1.54, 1.807) is 0 Å². The quantitative estimate of drug-likeness (QED) is 0.722. The third-order valence-electron chi connectivity index (χ3n) is 2.41. The van der Waals surface area contributed by atoms with Crippen LogP contribution in [0.5, 0.6) is 0 Å².